The minimum absolute atomic E-state index is 0.136. The van der Waals surface area contributed by atoms with E-state index in [0.717, 1.165) is 17.2 Å². The summed E-state index contributed by atoms with van der Waals surface area (Å²) in [5.74, 6) is 0.598. The molecule has 1 amide bonds. The second-order valence-corrected chi connectivity index (χ2v) is 10.4. The van der Waals surface area contributed by atoms with Crippen LogP contribution in [0.4, 0.5) is 10.5 Å². The number of rotatable bonds is 7. The highest BCUT2D eigenvalue weighted by molar-refractivity contribution is 14.1. The van der Waals surface area contributed by atoms with Crippen LogP contribution in [0.15, 0.2) is 65.7 Å². The van der Waals surface area contributed by atoms with Crippen molar-refractivity contribution < 1.29 is 19.1 Å². The van der Waals surface area contributed by atoms with Crippen molar-refractivity contribution in [3.63, 3.8) is 0 Å². The highest BCUT2D eigenvalue weighted by Gasteiger charge is 2.29. The minimum atomic E-state index is -0.717. The lowest BCUT2D eigenvalue weighted by atomic mass is 10.0. The first kappa shape index (κ1) is 26.0. The molecule has 0 bridgehead atoms. The third-order valence-electron chi connectivity index (χ3n) is 4.91. The van der Waals surface area contributed by atoms with E-state index in [4.69, 9.17) is 21.1 Å². The summed E-state index contributed by atoms with van der Waals surface area (Å²) in [5, 5.41) is 2.01. The average Bonchev–Trinajstić information content (AvgIpc) is 2.78. The number of carbonyl (C=O) groups is 2. The van der Waals surface area contributed by atoms with Gasteiger partial charge in [0, 0.05) is 22.5 Å². The second-order valence-electron chi connectivity index (χ2n) is 8.72. The lowest BCUT2D eigenvalue weighted by molar-refractivity contribution is 0.0584. The quantitative estimate of drug-likeness (QED) is 0.209. The Kier molecular flexibility index (Phi) is 8.60. The maximum Gasteiger partial charge on any atom is 0.415 e. The molecule has 178 valence electrons. The van der Waals surface area contributed by atoms with Crippen molar-refractivity contribution in [3.8, 4) is 5.75 Å². The monoisotopic (exact) mass is 591 g/mol. The molecular formula is C27H27ClINO4. The Bertz CT molecular complexity index is 1210. The third kappa shape index (κ3) is 6.30. The van der Waals surface area contributed by atoms with E-state index < -0.39 is 11.7 Å². The fourth-order valence-electron chi connectivity index (χ4n) is 3.43. The summed E-state index contributed by atoms with van der Waals surface area (Å²) < 4.78 is 12.6. The Morgan fingerprint density at radius 3 is 2.26 bits per heavy atom. The van der Waals surface area contributed by atoms with Gasteiger partial charge in [0.2, 0.25) is 0 Å². The summed E-state index contributed by atoms with van der Waals surface area (Å²) in [6.45, 7) is 7.60. The van der Waals surface area contributed by atoms with Gasteiger partial charge < -0.3 is 9.47 Å². The van der Waals surface area contributed by atoms with Gasteiger partial charge in [-0.25, -0.2) is 4.79 Å². The number of hydrogen-bond acceptors (Lipinski definition) is 4. The number of benzene rings is 3. The molecule has 0 aliphatic carbocycles. The predicted octanol–water partition coefficient (Wildman–Crippen LogP) is 7.72. The number of amides is 1. The molecule has 3 aromatic rings. The van der Waals surface area contributed by atoms with Crippen LogP contribution in [0, 0.1) is 3.57 Å². The third-order valence-corrected chi connectivity index (χ3v) is 6.06. The van der Waals surface area contributed by atoms with Crippen molar-refractivity contribution >= 4 is 63.0 Å². The van der Waals surface area contributed by atoms with Gasteiger partial charge in [-0.2, -0.15) is 0 Å². The van der Waals surface area contributed by atoms with Gasteiger partial charge in [-0.05, 0) is 61.2 Å². The fourth-order valence-corrected chi connectivity index (χ4v) is 4.53. The molecule has 0 fully saturated rings. The molecule has 7 heteroatoms. The van der Waals surface area contributed by atoms with Crippen molar-refractivity contribution in [2.75, 3.05) is 11.4 Å². The summed E-state index contributed by atoms with van der Waals surface area (Å²) in [5.41, 5.74) is 1.11. The molecule has 0 saturated heterocycles. The maximum absolute atomic E-state index is 13.3. The normalized spacial score (nSPS) is 11.9. The van der Waals surface area contributed by atoms with E-state index in [2.05, 4.69) is 22.6 Å². The lowest BCUT2D eigenvalue weighted by Gasteiger charge is -2.29. The molecule has 0 N–H and O–H groups in total. The van der Waals surface area contributed by atoms with Crippen molar-refractivity contribution in [1.82, 2.24) is 0 Å². The smallest absolute Gasteiger partial charge is 0.415 e. The van der Waals surface area contributed by atoms with Crippen LogP contribution in [0.2, 0.25) is 0 Å². The van der Waals surface area contributed by atoms with E-state index in [9.17, 15) is 9.59 Å². The number of aldehydes is 1. The fraction of sp³-hybridized carbons (Fsp3) is 0.259. The zero-order valence-electron chi connectivity index (χ0n) is 19.6. The summed E-state index contributed by atoms with van der Waals surface area (Å²) >= 11 is 8.23. The standard InChI is InChI=1S/C27H27ClINO4/c1-18(28)14-15-30(26(32)34-27(2,3)4)24-22(16-31)20-12-8-9-13-21(20)25(23(24)29)33-17-19-10-6-5-7-11-19/h5-14,16H,15,17H2,1-4H3/b18-14+. The van der Waals surface area contributed by atoms with E-state index in [1.165, 1.54) is 4.90 Å². The van der Waals surface area contributed by atoms with Crippen LogP contribution in [-0.4, -0.2) is 24.5 Å². The number of anilines is 1. The highest BCUT2D eigenvalue weighted by atomic mass is 127. The summed E-state index contributed by atoms with van der Waals surface area (Å²) in [4.78, 5) is 27.1. The Hall–Kier alpha value is -2.58. The van der Waals surface area contributed by atoms with Gasteiger partial charge in [-0.1, -0.05) is 72.3 Å². The first-order chi connectivity index (χ1) is 16.1. The number of nitrogens with zero attached hydrogens (tertiary/aromatic N) is 1. The largest absolute Gasteiger partial charge is 0.487 e. The lowest BCUT2D eigenvalue weighted by Crippen LogP contribution is -2.38. The summed E-state index contributed by atoms with van der Waals surface area (Å²) in [6, 6.07) is 17.3. The first-order valence-electron chi connectivity index (χ1n) is 10.8. The summed E-state index contributed by atoms with van der Waals surface area (Å²) in [6.07, 6.45) is 1.90. The molecule has 34 heavy (non-hydrogen) atoms. The van der Waals surface area contributed by atoms with Crippen molar-refractivity contribution in [2.45, 2.75) is 39.9 Å². The van der Waals surface area contributed by atoms with E-state index in [-0.39, 0.29) is 6.54 Å². The predicted molar refractivity (Wildman–Crippen MR) is 146 cm³/mol. The van der Waals surface area contributed by atoms with Crippen LogP contribution in [-0.2, 0) is 11.3 Å². The molecule has 0 spiro atoms. The van der Waals surface area contributed by atoms with Crippen molar-refractivity contribution in [1.29, 1.82) is 0 Å². The van der Waals surface area contributed by atoms with Crippen LogP contribution in [0.5, 0.6) is 5.75 Å². The van der Waals surface area contributed by atoms with Gasteiger partial charge in [0.25, 0.3) is 0 Å². The van der Waals surface area contributed by atoms with Crippen LogP contribution >= 0.6 is 34.2 Å². The molecule has 0 aromatic heterocycles. The highest BCUT2D eigenvalue weighted by Crippen LogP contribution is 2.42. The van der Waals surface area contributed by atoms with Gasteiger partial charge in [-0.15, -0.1) is 0 Å². The van der Waals surface area contributed by atoms with Gasteiger partial charge in [0.05, 0.1) is 9.26 Å². The van der Waals surface area contributed by atoms with E-state index in [1.54, 1.807) is 33.8 Å². The molecular weight excluding hydrogens is 565 g/mol. The average molecular weight is 592 g/mol. The number of halogens is 2. The molecule has 0 heterocycles. The van der Waals surface area contributed by atoms with Crippen LogP contribution in [0.25, 0.3) is 10.8 Å². The molecule has 0 saturated carbocycles. The maximum atomic E-state index is 13.3. The molecule has 3 aromatic carbocycles. The van der Waals surface area contributed by atoms with Gasteiger partial charge in [0.15, 0.2) is 6.29 Å². The molecule has 0 atom stereocenters. The topological polar surface area (TPSA) is 55.8 Å². The van der Waals surface area contributed by atoms with Crippen LogP contribution in [0.1, 0.15) is 43.6 Å². The van der Waals surface area contributed by atoms with Gasteiger partial charge in [0.1, 0.15) is 18.0 Å². The molecule has 5 nitrogen and oxygen atoms in total. The van der Waals surface area contributed by atoms with Crippen LogP contribution < -0.4 is 9.64 Å². The van der Waals surface area contributed by atoms with E-state index in [0.29, 0.717) is 37.6 Å². The Morgan fingerprint density at radius 1 is 1.06 bits per heavy atom. The Morgan fingerprint density at radius 2 is 1.68 bits per heavy atom. The molecule has 0 unspecified atom stereocenters. The molecule has 3 rings (SSSR count). The number of fused-ring (bicyclic) bond motifs is 1. The number of allylic oxidation sites excluding steroid dienone is 1. The van der Waals surface area contributed by atoms with Crippen molar-refractivity contribution in [3.05, 3.63) is 80.4 Å². The van der Waals surface area contributed by atoms with Crippen LogP contribution in [0.3, 0.4) is 0 Å². The summed E-state index contributed by atoms with van der Waals surface area (Å²) in [7, 11) is 0. The van der Waals surface area contributed by atoms with Crippen molar-refractivity contribution in [2.24, 2.45) is 0 Å². The minimum Gasteiger partial charge on any atom is -0.487 e. The first-order valence-corrected chi connectivity index (χ1v) is 12.3. The second kappa shape index (κ2) is 11.2. The zero-order chi connectivity index (χ0) is 24.9. The Balaban J connectivity index is 2.22. The SMILES string of the molecule is C/C(Cl)=C\CN(C(=O)OC(C)(C)C)c1c(I)c(OCc2ccccc2)c2ccccc2c1C=O. The van der Waals surface area contributed by atoms with Gasteiger partial charge in [-0.3, -0.25) is 9.69 Å². The molecule has 0 radical (unpaired) electrons. The van der Waals surface area contributed by atoms with E-state index in [1.807, 2.05) is 54.6 Å². The van der Waals surface area contributed by atoms with E-state index >= 15 is 0 Å². The number of carbonyl (C=O) groups excluding carboxylic acids is 2. The Labute approximate surface area is 218 Å². The van der Waals surface area contributed by atoms with Gasteiger partial charge >= 0.3 is 6.09 Å². The number of ether oxygens (including phenoxy) is 2. The zero-order valence-corrected chi connectivity index (χ0v) is 22.5. The number of hydrogen-bond donors (Lipinski definition) is 0. The molecule has 0 aliphatic heterocycles. The molecule has 0 aliphatic rings.